The van der Waals surface area contributed by atoms with E-state index in [-0.39, 0.29) is 24.4 Å². The predicted octanol–water partition coefficient (Wildman–Crippen LogP) is 1.96. The van der Waals surface area contributed by atoms with Gasteiger partial charge in [-0.15, -0.1) is 12.4 Å². The summed E-state index contributed by atoms with van der Waals surface area (Å²) in [5.41, 5.74) is 7.66. The molecule has 0 aliphatic heterocycles. The van der Waals surface area contributed by atoms with Crippen molar-refractivity contribution < 1.29 is 9.53 Å². The lowest BCUT2D eigenvalue weighted by atomic mass is 10.1. The fraction of sp³-hybridized carbons (Fsp3) is 0.500. The molecule has 1 atom stereocenters. The first-order valence-corrected chi connectivity index (χ1v) is 6.22. The highest BCUT2D eigenvalue weighted by atomic mass is 35.5. The maximum atomic E-state index is 11.5. The Morgan fingerprint density at radius 1 is 1.42 bits per heavy atom. The second-order valence-electron chi connectivity index (χ2n) is 4.57. The van der Waals surface area contributed by atoms with E-state index in [9.17, 15) is 4.79 Å². The number of amides is 1. The molecule has 1 amide bonds. The second kappa shape index (κ2) is 8.77. The summed E-state index contributed by atoms with van der Waals surface area (Å²) >= 11 is 0. The number of nitrogens with one attached hydrogen (secondary N) is 1. The lowest BCUT2D eigenvalue weighted by Crippen LogP contribution is -2.38. The van der Waals surface area contributed by atoms with Crippen LogP contribution in [0.1, 0.15) is 24.5 Å². The van der Waals surface area contributed by atoms with Gasteiger partial charge in [0, 0.05) is 12.6 Å². The molecule has 1 aromatic rings. The molecule has 4 nitrogen and oxygen atoms in total. The molecule has 0 heterocycles. The van der Waals surface area contributed by atoms with Gasteiger partial charge < -0.3 is 15.8 Å². The number of nitrogens with two attached hydrogens (primary N) is 1. The number of benzene rings is 1. The van der Waals surface area contributed by atoms with Crippen LogP contribution in [0, 0.1) is 13.8 Å². The Labute approximate surface area is 121 Å². The molecular weight excluding hydrogens is 264 g/mol. The normalized spacial score (nSPS) is 11.4. The average molecular weight is 287 g/mol. The van der Waals surface area contributed by atoms with Gasteiger partial charge in [0.15, 0.2) is 0 Å². The molecule has 0 bridgehead atoms. The SMILES string of the molecule is Cc1ccc(C)c(OCCC(=O)N[C@@H](C)CN)c1.Cl. The summed E-state index contributed by atoms with van der Waals surface area (Å²) in [5, 5.41) is 2.80. The average Bonchev–Trinajstić information content (AvgIpc) is 2.33. The van der Waals surface area contributed by atoms with Gasteiger partial charge in [0.05, 0.1) is 13.0 Å². The molecule has 5 heteroatoms. The number of carbonyl (C=O) groups is 1. The van der Waals surface area contributed by atoms with Crippen LogP contribution < -0.4 is 15.8 Å². The highest BCUT2D eigenvalue weighted by Crippen LogP contribution is 2.19. The highest BCUT2D eigenvalue weighted by Gasteiger charge is 2.06. The van der Waals surface area contributed by atoms with E-state index >= 15 is 0 Å². The molecule has 0 saturated heterocycles. The van der Waals surface area contributed by atoms with Gasteiger partial charge in [-0.05, 0) is 38.0 Å². The maximum Gasteiger partial charge on any atom is 0.223 e. The van der Waals surface area contributed by atoms with E-state index < -0.39 is 0 Å². The summed E-state index contributed by atoms with van der Waals surface area (Å²) in [5.74, 6) is 0.813. The van der Waals surface area contributed by atoms with Crippen LogP contribution in [-0.2, 0) is 4.79 Å². The lowest BCUT2D eigenvalue weighted by Gasteiger charge is -2.12. The lowest BCUT2D eigenvalue weighted by molar-refractivity contribution is -0.122. The van der Waals surface area contributed by atoms with Crippen LogP contribution in [0.15, 0.2) is 18.2 Å². The molecule has 0 aliphatic carbocycles. The van der Waals surface area contributed by atoms with Crippen molar-refractivity contribution in [2.45, 2.75) is 33.2 Å². The van der Waals surface area contributed by atoms with Crippen molar-refractivity contribution in [3.63, 3.8) is 0 Å². The zero-order valence-electron chi connectivity index (χ0n) is 11.7. The van der Waals surface area contributed by atoms with Crippen molar-refractivity contribution in [2.24, 2.45) is 5.73 Å². The minimum Gasteiger partial charge on any atom is -0.493 e. The first kappa shape index (κ1) is 17.7. The smallest absolute Gasteiger partial charge is 0.223 e. The van der Waals surface area contributed by atoms with E-state index in [2.05, 4.69) is 5.32 Å². The van der Waals surface area contributed by atoms with Crippen molar-refractivity contribution in [3.8, 4) is 5.75 Å². The summed E-state index contributed by atoms with van der Waals surface area (Å²) in [6, 6.07) is 6.05. The summed E-state index contributed by atoms with van der Waals surface area (Å²) in [6.45, 7) is 6.72. The monoisotopic (exact) mass is 286 g/mol. The summed E-state index contributed by atoms with van der Waals surface area (Å²) in [7, 11) is 0. The maximum absolute atomic E-state index is 11.5. The molecule has 0 saturated carbocycles. The van der Waals surface area contributed by atoms with Gasteiger partial charge in [-0.25, -0.2) is 0 Å². The quantitative estimate of drug-likeness (QED) is 0.840. The Bertz CT molecular complexity index is 410. The number of aryl methyl sites for hydroxylation is 2. The minimum absolute atomic E-state index is 0. The summed E-state index contributed by atoms with van der Waals surface area (Å²) < 4.78 is 5.61. The molecular formula is C14H23ClN2O2. The Morgan fingerprint density at radius 3 is 2.74 bits per heavy atom. The topological polar surface area (TPSA) is 64.3 Å². The minimum atomic E-state index is -0.0294. The van der Waals surface area contributed by atoms with Gasteiger partial charge >= 0.3 is 0 Å². The summed E-state index contributed by atoms with van der Waals surface area (Å²) in [6.07, 6.45) is 0.345. The molecule has 0 aliphatic rings. The Hall–Kier alpha value is -1.26. The molecule has 1 rings (SSSR count). The van der Waals surface area contributed by atoms with Gasteiger partial charge in [0.2, 0.25) is 5.91 Å². The summed E-state index contributed by atoms with van der Waals surface area (Å²) in [4.78, 5) is 11.5. The molecule has 108 valence electrons. The molecule has 0 radical (unpaired) electrons. The van der Waals surface area contributed by atoms with Crippen molar-refractivity contribution in [3.05, 3.63) is 29.3 Å². The van der Waals surface area contributed by atoms with Crippen LogP contribution in [0.3, 0.4) is 0 Å². The fourth-order valence-electron chi connectivity index (χ4n) is 1.52. The third-order valence-electron chi connectivity index (χ3n) is 2.69. The third kappa shape index (κ3) is 6.45. The van der Waals surface area contributed by atoms with E-state index in [1.165, 1.54) is 0 Å². The Morgan fingerprint density at radius 2 is 2.11 bits per heavy atom. The predicted molar refractivity (Wildman–Crippen MR) is 79.9 cm³/mol. The number of hydrogen-bond donors (Lipinski definition) is 2. The van der Waals surface area contributed by atoms with Crippen molar-refractivity contribution in [2.75, 3.05) is 13.2 Å². The molecule has 3 N–H and O–H groups in total. The van der Waals surface area contributed by atoms with Gasteiger partial charge in [-0.2, -0.15) is 0 Å². The number of carbonyl (C=O) groups excluding carboxylic acids is 1. The first-order chi connectivity index (χ1) is 8.52. The van der Waals surface area contributed by atoms with Crippen LogP contribution in [0.5, 0.6) is 5.75 Å². The Kier molecular flexibility index (Phi) is 8.19. The van der Waals surface area contributed by atoms with Crippen LogP contribution in [-0.4, -0.2) is 25.1 Å². The first-order valence-electron chi connectivity index (χ1n) is 6.22. The standard InChI is InChI=1S/C14H22N2O2.ClH/c1-10-4-5-11(2)13(8-10)18-7-6-14(17)16-12(3)9-15;/h4-5,8,12H,6-7,9,15H2,1-3H3,(H,16,17);1H/t12-;/m0./s1. The van der Waals surface area contributed by atoms with E-state index in [4.69, 9.17) is 10.5 Å². The van der Waals surface area contributed by atoms with Crippen LogP contribution in [0.2, 0.25) is 0 Å². The van der Waals surface area contributed by atoms with Crippen molar-refractivity contribution in [1.29, 1.82) is 0 Å². The van der Waals surface area contributed by atoms with Gasteiger partial charge in [-0.1, -0.05) is 12.1 Å². The van der Waals surface area contributed by atoms with E-state index in [0.717, 1.165) is 16.9 Å². The highest BCUT2D eigenvalue weighted by molar-refractivity contribution is 5.85. The largest absolute Gasteiger partial charge is 0.493 e. The van der Waals surface area contributed by atoms with Crippen molar-refractivity contribution >= 4 is 18.3 Å². The molecule has 0 aromatic heterocycles. The van der Waals surface area contributed by atoms with Gasteiger partial charge in [0.25, 0.3) is 0 Å². The number of ether oxygens (including phenoxy) is 1. The number of hydrogen-bond acceptors (Lipinski definition) is 3. The second-order valence-corrected chi connectivity index (χ2v) is 4.57. The van der Waals surface area contributed by atoms with Gasteiger partial charge in [-0.3, -0.25) is 4.79 Å². The Balaban J connectivity index is 0.00000324. The van der Waals surface area contributed by atoms with Crippen LogP contribution >= 0.6 is 12.4 Å². The van der Waals surface area contributed by atoms with Crippen molar-refractivity contribution in [1.82, 2.24) is 5.32 Å². The zero-order chi connectivity index (χ0) is 13.5. The molecule has 1 aromatic carbocycles. The molecule has 0 unspecified atom stereocenters. The number of rotatable bonds is 6. The fourth-order valence-corrected chi connectivity index (χ4v) is 1.52. The van der Waals surface area contributed by atoms with Crippen LogP contribution in [0.25, 0.3) is 0 Å². The van der Waals surface area contributed by atoms with E-state index in [0.29, 0.717) is 19.6 Å². The molecule has 0 fully saturated rings. The van der Waals surface area contributed by atoms with Gasteiger partial charge in [0.1, 0.15) is 5.75 Å². The van der Waals surface area contributed by atoms with E-state index in [1.54, 1.807) is 0 Å². The number of halogens is 1. The molecule has 19 heavy (non-hydrogen) atoms. The van der Waals surface area contributed by atoms with Crippen LogP contribution in [0.4, 0.5) is 0 Å². The molecule has 0 spiro atoms. The zero-order valence-corrected chi connectivity index (χ0v) is 12.5. The van der Waals surface area contributed by atoms with E-state index in [1.807, 2.05) is 39.0 Å². The third-order valence-corrected chi connectivity index (χ3v) is 2.69.